The molecule has 14 heavy (non-hydrogen) atoms. The first-order chi connectivity index (χ1) is 6.56. The highest BCUT2D eigenvalue weighted by molar-refractivity contribution is 9.10. The fourth-order valence-electron chi connectivity index (χ4n) is 1.23. The van der Waals surface area contributed by atoms with Crippen molar-refractivity contribution in [3.8, 4) is 5.75 Å². The normalized spacial score (nSPS) is 10.0. The van der Waals surface area contributed by atoms with Gasteiger partial charge in [-0.05, 0) is 38.5 Å². The predicted octanol–water partition coefficient (Wildman–Crippen LogP) is 3.36. The number of carbonyl (C=O) groups excluding carboxylic acids is 1. The van der Waals surface area contributed by atoms with Gasteiger partial charge in [-0.3, -0.25) is 4.79 Å². The summed E-state index contributed by atoms with van der Waals surface area (Å²) in [5, 5.41) is 0. The van der Waals surface area contributed by atoms with E-state index in [1.54, 1.807) is 13.0 Å². The van der Waals surface area contributed by atoms with Crippen LogP contribution in [0.4, 0.5) is 0 Å². The van der Waals surface area contributed by atoms with Crippen molar-refractivity contribution in [1.82, 2.24) is 0 Å². The topological polar surface area (TPSA) is 26.3 Å². The van der Waals surface area contributed by atoms with Gasteiger partial charge < -0.3 is 4.74 Å². The van der Waals surface area contributed by atoms with E-state index in [9.17, 15) is 4.79 Å². The van der Waals surface area contributed by atoms with Crippen LogP contribution in [-0.4, -0.2) is 12.4 Å². The maximum Gasteiger partial charge on any atom is 0.161 e. The Morgan fingerprint density at radius 1 is 1.50 bits per heavy atom. The number of ether oxygens (including phenoxy) is 1. The zero-order valence-corrected chi connectivity index (χ0v) is 10.1. The van der Waals surface area contributed by atoms with E-state index in [1.165, 1.54) is 0 Å². The molecule has 1 aromatic rings. The van der Waals surface area contributed by atoms with Gasteiger partial charge in [0, 0.05) is 10.0 Å². The summed E-state index contributed by atoms with van der Waals surface area (Å²) < 4.78 is 6.23. The van der Waals surface area contributed by atoms with Gasteiger partial charge in [-0.15, -0.1) is 0 Å². The molecule has 0 bridgehead atoms. The van der Waals surface area contributed by atoms with Crippen molar-refractivity contribution in [1.29, 1.82) is 0 Å². The van der Waals surface area contributed by atoms with E-state index in [2.05, 4.69) is 15.9 Å². The molecule has 0 heterocycles. The molecule has 1 rings (SSSR count). The molecule has 0 spiro atoms. The van der Waals surface area contributed by atoms with Crippen LogP contribution in [0.15, 0.2) is 16.6 Å². The molecule has 76 valence electrons. The Labute approximate surface area is 92.4 Å². The Kier molecular flexibility index (Phi) is 3.69. The second-order valence-corrected chi connectivity index (χ2v) is 3.94. The fourth-order valence-corrected chi connectivity index (χ4v) is 1.97. The van der Waals surface area contributed by atoms with Gasteiger partial charge in [0.15, 0.2) is 5.78 Å². The number of aryl methyl sites for hydroxylation is 1. The van der Waals surface area contributed by atoms with E-state index in [1.807, 2.05) is 19.9 Å². The fraction of sp³-hybridized carbons (Fsp3) is 0.364. The van der Waals surface area contributed by atoms with Crippen LogP contribution in [0.25, 0.3) is 0 Å². The quantitative estimate of drug-likeness (QED) is 0.776. The van der Waals surface area contributed by atoms with Gasteiger partial charge in [-0.25, -0.2) is 0 Å². The molecule has 0 amide bonds. The number of Topliss-reactive ketones (excluding diaryl/α,β-unsaturated/α-hetero) is 1. The molecule has 1 aromatic carbocycles. The van der Waals surface area contributed by atoms with E-state index < -0.39 is 0 Å². The van der Waals surface area contributed by atoms with Gasteiger partial charge in [0.25, 0.3) is 0 Å². The molecule has 0 unspecified atom stereocenters. The zero-order valence-electron chi connectivity index (χ0n) is 8.56. The maximum absolute atomic E-state index is 11.2. The maximum atomic E-state index is 11.2. The molecule has 0 saturated carbocycles. The van der Waals surface area contributed by atoms with Crippen LogP contribution in [0.5, 0.6) is 5.75 Å². The molecular formula is C11H13BrO2. The van der Waals surface area contributed by atoms with Crippen LogP contribution in [0.3, 0.4) is 0 Å². The first-order valence-electron chi connectivity index (χ1n) is 4.50. The van der Waals surface area contributed by atoms with Gasteiger partial charge in [-0.2, -0.15) is 0 Å². The van der Waals surface area contributed by atoms with Crippen LogP contribution >= 0.6 is 15.9 Å². The Hall–Kier alpha value is -0.830. The van der Waals surface area contributed by atoms with E-state index >= 15 is 0 Å². The summed E-state index contributed by atoms with van der Waals surface area (Å²) in [6.07, 6.45) is 0. The standard InChI is InChI=1S/C11H13BrO2/c1-4-14-11-6-9(8(3)13)10(12)5-7(11)2/h5-6H,4H2,1-3H3. The Morgan fingerprint density at radius 3 is 2.64 bits per heavy atom. The lowest BCUT2D eigenvalue weighted by Gasteiger charge is -2.09. The van der Waals surface area contributed by atoms with Crippen molar-refractivity contribution in [2.75, 3.05) is 6.61 Å². The van der Waals surface area contributed by atoms with Crippen molar-refractivity contribution in [3.63, 3.8) is 0 Å². The summed E-state index contributed by atoms with van der Waals surface area (Å²) in [5.41, 5.74) is 1.70. The van der Waals surface area contributed by atoms with E-state index in [4.69, 9.17) is 4.74 Å². The smallest absolute Gasteiger partial charge is 0.161 e. The van der Waals surface area contributed by atoms with Crippen LogP contribution in [0, 0.1) is 6.92 Å². The minimum atomic E-state index is 0.0397. The van der Waals surface area contributed by atoms with Gasteiger partial charge in [-0.1, -0.05) is 15.9 Å². The highest BCUT2D eigenvalue weighted by Crippen LogP contribution is 2.27. The number of ketones is 1. The third kappa shape index (κ3) is 2.35. The summed E-state index contributed by atoms with van der Waals surface area (Å²) in [7, 11) is 0. The highest BCUT2D eigenvalue weighted by Gasteiger charge is 2.09. The van der Waals surface area contributed by atoms with Gasteiger partial charge in [0.2, 0.25) is 0 Å². The first-order valence-corrected chi connectivity index (χ1v) is 5.29. The zero-order chi connectivity index (χ0) is 10.7. The van der Waals surface area contributed by atoms with Crippen LogP contribution in [-0.2, 0) is 0 Å². The number of hydrogen-bond donors (Lipinski definition) is 0. The van der Waals surface area contributed by atoms with Crippen molar-refractivity contribution < 1.29 is 9.53 Å². The molecular weight excluding hydrogens is 244 g/mol. The molecule has 0 saturated heterocycles. The van der Waals surface area contributed by atoms with E-state index in [0.29, 0.717) is 12.2 Å². The SMILES string of the molecule is CCOc1cc(C(C)=O)c(Br)cc1C. The number of carbonyl (C=O) groups is 1. The van der Waals surface area contributed by atoms with Crippen molar-refractivity contribution in [2.24, 2.45) is 0 Å². The molecule has 0 fully saturated rings. The van der Waals surface area contributed by atoms with Gasteiger partial charge in [0.05, 0.1) is 6.61 Å². The number of benzene rings is 1. The van der Waals surface area contributed by atoms with Crippen molar-refractivity contribution in [2.45, 2.75) is 20.8 Å². The average molecular weight is 257 g/mol. The van der Waals surface area contributed by atoms with E-state index in [-0.39, 0.29) is 5.78 Å². The summed E-state index contributed by atoms with van der Waals surface area (Å²) in [4.78, 5) is 11.2. The molecule has 0 aromatic heterocycles. The second kappa shape index (κ2) is 4.60. The van der Waals surface area contributed by atoms with Crippen LogP contribution < -0.4 is 4.74 Å². The average Bonchev–Trinajstić information content (AvgIpc) is 2.09. The molecule has 0 aliphatic carbocycles. The summed E-state index contributed by atoms with van der Waals surface area (Å²) >= 11 is 3.36. The molecule has 3 heteroatoms. The highest BCUT2D eigenvalue weighted by atomic mass is 79.9. The minimum Gasteiger partial charge on any atom is -0.494 e. The molecule has 2 nitrogen and oxygen atoms in total. The van der Waals surface area contributed by atoms with Crippen molar-refractivity contribution >= 4 is 21.7 Å². The molecule has 0 atom stereocenters. The van der Waals surface area contributed by atoms with Crippen LogP contribution in [0.2, 0.25) is 0 Å². The first kappa shape index (κ1) is 11.2. The third-order valence-electron chi connectivity index (χ3n) is 1.94. The molecule has 0 N–H and O–H groups in total. The second-order valence-electron chi connectivity index (χ2n) is 3.09. The lowest BCUT2D eigenvalue weighted by atomic mass is 10.1. The van der Waals surface area contributed by atoms with Crippen LogP contribution in [0.1, 0.15) is 29.8 Å². The largest absolute Gasteiger partial charge is 0.494 e. The lowest BCUT2D eigenvalue weighted by molar-refractivity contribution is 0.101. The monoisotopic (exact) mass is 256 g/mol. The Bertz CT molecular complexity index is 359. The summed E-state index contributed by atoms with van der Waals surface area (Å²) in [6, 6.07) is 3.69. The number of rotatable bonds is 3. The summed E-state index contributed by atoms with van der Waals surface area (Å²) in [6.45, 7) is 6.04. The number of halogens is 1. The Morgan fingerprint density at radius 2 is 2.14 bits per heavy atom. The molecule has 0 aliphatic rings. The third-order valence-corrected chi connectivity index (χ3v) is 2.60. The predicted molar refractivity (Wildman–Crippen MR) is 60.1 cm³/mol. The number of hydrogen-bond acceptors (Lipinski definition) is 2. The summed E-state index contributed by atoms with van der Waals surface area (Å²) in [5.74, 6) is 0.818. The van der Waals surface area contributed by atoms with E-state index in [0.717, 1.165) is 15.8 Å². The Balaban J connectivity index is 3.20. The van der Waals surface area contributed by atoms with Gasteiger partial charge >= 0.3 is 0 Å². The van der Waals surface area contributed by atoms with Crippen molar-refractivity contribution in [3.05, 3.63) is 27.7 Å². The lowest BCUT2D eigenvalue weighted by Crippen LogP contribution is -1.99. The molecule has 0 aliphatic heterocycles. The molecule has 0 radical (unpaired) electrons. The van der Waals surface area contributed by atoms with Gasteiger partial charge in [0.1, 0.15) is 5.75 Å². The minimum absolute atomic E-state index is 0.0397.